The highest BCUT2D eigenvalue weighted by atomic mass is 32.2. The molecule has 2 aliphatic heterocycles. The van der Waals surface area contributed by atoms with E-state index >= 15 is 0 Å². The fourth-order valence-corrected chi connectivity index (χ4v) is 3.55. The Morgan fingerprint density at radius 3 is 2.67 bits per heavy atom. The maximum atomic E-state index is 5.77. The summed E-state index contributed by atoms with van der Waals surface area (Å²) >= 11 is 1.65. The lowest BCUT2D eigenvalue weighted by atomic mass is 10.1. The lowest BCUT2D eigenvalue weighted by Crippen LogP contribution is -2.25. The van der Waals surface area contributed by atoms with Gasteiger partial charge in [0.05, 0.1) is 32.6 Å². The molecule has 0 atom stereocenters. The Balaban J connectivity index is 1.41. The van der Waals surface area contributed by atoms with E-state index in [2.05, 4.69) is 15.5 Å². The number of nitrogens with zero attached hydrogens (tertiary/aromatic N) is 2. The summed E-state index contributed by atoms with van der Waals surface area (Å²) in [5.74, 6) is 3.20. The molecule has 1 N–H and O–H groups in total. The van der Waals surface area contributed by atoms with E-state index in [4.69, 9.17) is 14.2 Å². The fourth-order valence-electron chi connectivity index (χ4n) is 2.78. The number of amidine groups is 1. The molecule has 2 aromatic carbocycles. The smallest absolute Gasteiger partial charge is 0.177 e. The predicted molar refractivity (Wildman–Crippen MR) is 108 cm³/mol. The molecule has 2 aliphatic rings. The molecule has 27 heavy (non-hydrogen) atoms. The second-order valence-corrected chi connectivity index (χ2v) is 7.10. The lowest BCUT2D eigenvalue weighted by Gasteiger charge is -2.16. The molecule has 0 aliphatic carbocycles. The van der Waals surface area contributed by atoms with Gasteiger partial charge in [-0.15, -0.1) is 0 Å². The highest BCUT2D eigenvalue weighted by molar-refractivity contribution is 8.14. The Bertz CT molecular complexity index is 865. The number of hydrogen-bond acceptors (Lipinski definition) is 6. The lowest BCUT2D eigenvalue weighted by molar-refractivity contribution is 0.297. The van der Waals surface area contributed by atoms with Crippen LogP contribution < -0.4 is 19.6 Å². The number of rotatable bonds is 4. The maximum Gasteiger partial charge on any atom is 0.177 e. The zero-order valence-electron chi connectivity index (χ0n) is 15.1. The van der Waals surface area contributed by atoms with Crippen LogP contribution in [0.15, 0.2) is 52.6 Å². The van der Waals surface area contributed by atoms with Crippen molar-refractivity contribution in [3.63, 3.8) is 0 Å². The number of hydrazone groups is 1. The first kappa shape index (κ1) is 17.7. The van der Waals surface area contributed by atoms with Gasteiger partial charge >= 0.3 is 0 Å². The number of hydrogen-bond donors (Lipinski definition) is 1. The molecule has 0 unspecified atom stereocenters. The molecule has 0 saturated heterocycles. The number of methoxy groups -OCH3 is 1. The minimum Gasteiger partial charge on any atom is -0.497 e. The van der Waals surface area contributed by atoms with Crippen LogP contribution >= 0.6 is 11.8 Å². The normalized spacial score (nSPS) is 17.7. The third-order valence-electron chi connectivity index (χ3n) is 4.28. The minimum atomic E-state index is 0.605. The van der Waals surface area contributed by atoms with Gasteiger partial charge in [-0.1, -0.05) is 23.9 Å². The standard InChI is InChI=1S/C20H21N3O3S/c1-24-16-6-3-14(4-7-16)12-21-20-23-22-17(13-27-20)15-5-8-18-19(11-15)26-10-2-9-25-18/h3-8,11H,2,9-10,12-13H2,1H3,(H,21,23). The van der Waals surface area contributed by atoms with E-state index in [1.54, 1.807) is 18.9 Å². The molecule has 0 fully saturated rings. The van der Waals surface area contributed by atoms with Crippen LogP contribution in [-0.2, 0) is 6.54 Å². The van der Waals surface area contributed by atoms with Gasteiger partial charge in [-0.2, -0.15) is 5.10 Å². The minimum absolute atomic E-state index is 0.605. The largest absolute Gasteiger partial charge is 0.497 e. The highest BCUT2D eigenvalue weighted by Gasteiger charge is 2.16. The van der Waals surface area contributed by atoms with E-state index in [1.807, 2.05) is 42.5 Å². The number of aliphatic imine (C=N–C) groups is 1. The van der Waals surface area contributed by atoms with Crippen molar-refractivity contribution in [1.82, 2.24) is 5.43 Å². The predicted octanol–water partition coefficient (Wildman–Crippen LogP) is 3.45. The molecule has 140 valence electrons. The third kappa shape index (κ3) is 4.36. The number of ether oxygens (including phenoxy) is 3. The molecule has 2 aromatic rings. The number of benzene rings is 2. The van der Waals surface area contributed by atoms with Gasteiger partial charge in [-0.3, -0.25) is 10.4 Å². The first-order valence-corrected chi connectivity index (χ1v) is 9.83. The maximum absolute atomic E-state index is 5.77. The Labute approximate surface area is 162 Å². The molecule has 0 aromatic heterocycles. The Morgan fingerprint density at radius 1 is 1.11 bits per heavy atom. The monoisotopic (exact) mass is 383 g/mol. The molecule has 2 heterocycles. The van der Waals surface area contributed by atoms with Crippen LogP contribution in [0.4, 0.5) is 0 Å². The van der Waals surface area contributed by atoms with E-state index < -0.39 is 0 Å². The molecule has 4 rings (SSSR count). The molecule has 0 bridgehead atoms. The summed E-state index contributed by atoms with van der Waals surface area (Å²) in [6.45, 7) is 1.98. The van der Waals surface area contributed by atoms with Gasteiger partial charge in [-0.05, 0) is 35.9 Å². The second-order valence-electron chi connectivity index (χ2n) is 6.14. The van der Waals surface area contributed by atoms with Crippen LogP contribution in [0.1, 0.15) is 17.5 Å². The van der Waals surface area contributed by atoms with Crippen molar-refractivity contribution in [2.24, 2.45) is 10.1 Å². The molecule has 0 amide bonds. The summed E-state index contributed by atoms with van der Waals surface area (Å²) in [6.07, 6.45) is 0.899. The molecule has 0 radical (unpaired) electrons. The molecule has 6 nitrogen and oxygen atoms in total. The van der Waals surface area contributed by atoms with Crippen molar-refractivity contribution in [1.29, 1.82) is 0 Å². The number of thioether (sulfide) groups is 1. The zero-order chi connectivity index (χ0) is 18.5. The van der Waals surface area contributed by atoms with Gasteiger partial charge in [0.2, 0.25) is 0 Å². The highest BCUT2D eigenvalue weighted by Crippen LogP contribution is 2.31. The Kier molecular flexibility index (Phi) is 5.48. The van der Waals surface area contributed by atoms with Crippen LogP contribution in [0, 0.1) is 0 Å². The van der Waals surface area contributed by atoms with Crippen molar-refractivity contribution in [3.05, 3.63) is 53.6 Å². The molecule has 0 saturated carbocycles. The number of nitrogens with one attached hydrogen (secondary N) is 1. The Hall–Kier alpha value is -2.67. The van der Waals surface area contributed by atoms with Crippen molar-refractivity contribution in [2.75, 3.05) is 26.1 Å². The van der Waals surface area contributed by atoms with Crippen molar-refractivity contribution < 1.29 is 14.2 Å². The van der Waals surface area contributed by atoms with Gasteiger partial charge in [0, 0.05) is 17.7 Å². The summed E-state index contributed by atoms with van der Waals surface area (Å²) in [5.41, 5.74) is 6.19. The summed E-state index contributed by atoms with van der Waals surface area (Å²) in [5, 5.41) is 5.31. The average Bonchev–Trinajstić information content (AvgIpc) is 2.98. The fraction of sp³-hybridized carbons (Fsp3) is 0.300. The van der Waals surface area contributed by atoms with Gasteiger partial charge < -0.3 is 14.2 Å². The van der Waals surface area contributed by atoms with E-state index in [-0.39, 0.29) is 0 Å². The zero-order valence-corrected chi connectivity index (χ0v) is 15.9. The van der Waals surface area contributed by atoms with Crippen LogP contribution in [-0.4, -0.2) is 37.0 Å². The quantitative estimate of drug-likeness (QED) is 0.876. The van der Waals surface area contributed by atoms with E-state index in [0.29, 0.717) is 19.8 Å². The first-order chi connectivity index (χ1) is 13.3. The average molecular weight is 383 g/mol. The first-order valence-electron chi connectivity index (χ1n) is 8.84. The molecule has 7 heteroatoms. The van der Waals surface area contributed by atoms with Crippen LogP contribution in [0.2, 0.25) is 0 Å². The summed E-state index contributed by atoms with van der Waals surface area (Å²) < 4.78 is 16.6. The van der Waals surface area contributed by atoms with E-state index in [0.717, 1.165) is 51.4 Å². The summed E-state index contributed by atoms with van der Waals surface area (Å²) in [6, 6.07) is 13.9. The second kappa shape index (κ2) is 8.35. The van der Waals surface area contributed by atoms with Gasteiger partial charge in [0.25, 0.3) is 0 Å². The van der Waals surface area contributed by atoms with Crippen LogP contribution in [0.5, 0.6) is 17.2 Å². The Morgan fingerprint density at radius 2 is 1.93 bits per heavy atom. The van der Waals surface area contributed by atoms with Gasteiger partial charge in [-0.25, -0.2) is 0 Å². The van der Waals surface area contributed by atoms with Gasteiger partial charge in [0.15, 0.2) is 16.7 Å². The van der Waals surface area contributed by atoms with Crippen LogP contribution in [0.25, 0.3) is 0 Å². The topological polar surface area (TPSA) is 64.4 Å². The van der Waals surface area contributed by atoms with Crippen molar-refractivity contribution >= 4 is 22.6 Å². The SMILES string of the molecule is COc1ccc(CN=C2NN=C(c3ccc4c(c3)OCCCO4)CS2)cc1. The van der Waals surface area contributed by atoms with E-state index in [9.17, 15) is 0 Å². The molecule has 0 spiro atoms. The molecular formula is C20H21N3O3S. The van der Waals surface area contributed by atoms with Crippen molar-refractivity contribution in [2.45, 2.75) is 13.0 Å². The summed E-state index contributed by atoms with van der Waals surface area (Å²) in [4.78, 5) is 4.60. The van der Waals surface area contributed by atoms with Gasteiger partial charge in [0.1, 0.15) is 5.75 Å². The van der Waals surface area contributed by atoms with E-state index in [1.165, 1.54) is 0 Å². The molecular weight excluding hydrogens is 362 g/mol. The third-order valence-corrected chi connectivity index (χ3v) is 5.19. The van der Waals surface area contributed by atoms with Crippen molar-refractivity contribution in [3.8, 4) is 17.2 Å². The van der Waals surface area contributed by atoms with Crippen LogP contribution in [0.3, 0.4) is 0 Å². The summed E-state index contributed by atoms with van der Waals surface area (Å²) in [7, 11) is 1.66. The number of fused-ring (bicyclic) bond motifs is 1.